The first-order chi connectivity index (χ1) is 9.90. The lowest BCUT2D eigenvalue weighted by molar-refractivity contribution is 0.147. The van der Waals surface area contributed by atoms with E-state index >= 15 is 0 Å². The smallest absolute Gasteiger partial charge is 0.202 e. The van der Waals surface area contributed by atoms with Gasteiger partial charge in [0.15, 0.2) is 0 Å². The van der Waals surface area contributed by atoms with E-state index in [1.165, 1.54) is 32.4 Å². The highest BCUT2D eigenvalue weighted by molar-refractivity contribution is 5.25. The first-order valence-corrected chi connectivity index (χ1v) is 7.95. The lowest BCUT2D eigenvalue weighted by Gasteiger charge is -2.26. The zero-order chi connectivity index (χ0) is 14.0. The number of likely N-dealkylation sites (tertiary alicyclic amines) is 1. The number of ether oxygens (including phenoxy) is 1. The Hall–Kier alpha value is -1.07. The molecule has 0 amide bonds. The molecular formula is C15H28N4O. The van der Waals surface area contributed by atoms with Crippen LogP contribution < -0.4 is 5.32 Å². The lowest BCUT2D eigenvalue weighted by atomic mass is 10.1. The average Bonchev–Trinajstić information content (AvgIpc) is 2.93. The van der Waals surface area contributed by atoms with E-state index in [1.54, 1.807) is 0 Å². The molecule has 2 heterocycles. The summed E-state index contributed by atoms with van der Waals surface area (Å²) < 4.78 is 7.55. The van der Waals surface area contributed by atoms with E-state index in [0.29, 0.717) is 0 Å². The van der Waals surface area contributed by atoms with Crippen LogP contribution in [0.2, 0.25) is 0 Å². The number of imidazole rings is 1. The van der Waals surface area contributed by atoms with Crippen molar-refractivity contribution in [1.29, 1.82) is 0 Å². The molecule has 5 heteroatoms. The highest BCUT2D eigenvalue weighted by Crippen LogP contribution is 2.10. The van der Waals surface area contributed by atoms with Gasteiger partial charge >= 0.3 is 0 Å². The minimum atomic E-state index is 0.796. The third kappa shape index (κ3) is 5.13. The van der Waals surface area contributed by atoms with Crippen LogP contribution >= 0.6 is 0 Å². The number of aromatic nitrogens is 2. The Morgan fingerprint density at radius 2 is 2.10 bits per heavy atom. The molecule has 0 unspecified atom stereocenters. The fourth-order valence-electron chi connectivity index (χ4n) is 2.61. The topological polar surface area (TPSA) is 42.3 Å². The molecule has 0 radical (unpaired) electrons. The molecule has 0 aromatic carbocycles. The Morgan fingerprint density at radius 3 is 2.90 bits per heavy atom. The first kappa shape index (κ1) is 15.3. The number of hydrogen-bond donors (Lipinski definition) is 1. The summed E-state index contributed by atoms with van der Waals surface area (Å²) in [6.45, 7) is 9.22. The lowest BCUT2D eigenvalue weighted by Crippen LogP contribution is -2.32. The fraction of sp³-hybridized carbons (Fsp3) is 0.800. The summed E-state index contributed by atoms with van der Waals surface area (Å²) in [7, 11) is 0. The molecule has 1 fully saturated rings. The van der Waals surface area contributed by atoms with E-state index in [-0.39, 0.29) is 0 Å². The van der Waals surface area contributed by atoms with Crippen LogP contribution in [0.1, 0.15) is 32.6 Å². The van der Waals surface area contributed by atoms with Gasteiger partial charge in [-0.3, -0.25) is 0 Å². The molecule has 1 aromatic rings. The van der Waals surface area contributed by atoms with E-state index in [1.807, 2.05) is 13.1 Å². The minimum Gasteiger partial charge on any atom is -0.382 e. The maximum absolute atomic E-state index is 5.34. The van der Waals surface area contributed by atoms with Gasteiger partial charge < -0.3 is 19.5 Å². The molecule has 0 aliphatic carbocycles. The van der Waals surface area contributed by atoms with Crippen molar-refractivity contribution in [2.45, 2.75) is 39.2 Å². The molecule has 1 saturated heterocycles. The van der Waals surface area contributed by atoms with E-state index in [0.717, 1.165) is 45.2 Å². The predicted octanol–water partition coefficient (Wildman–Crippen LogP) is 2.21. The van der Waals surface area contributed by atoms with Gasteiger partial charge in [-0.2, -0.15) is 0 Å². The van der Waals surface area contributed by atoms with Crippen LogP contribution in [0.3, 0.4) is 0 Å². The molecule has 0 bridgehead atoms. The summed E-state index contributed by atoms with van der Waals surface area (Å²) in [6.07, 6.45) is 9.07. The van der Waals surface area contributed by atoms with Gasteiger partial charge in [0.25, 0.3) is 0 Å². The molecule has 1 N–H and O–H groups in total. The van der Waals surface area contributed by atoms with Crippen molar-refractivity contribution in [2.24, 2.45) is 0 Å². The molecule has 0 atom stereocenters. The van der Waals surface area contributed by atoms with Crippen molar-refractivity contribution in [1.82, 2.24) is 14.5 Å². The van der Waals surface area contributed by atoms with Crippen LogP contribution in [0.5, 0.6) is 0 Å². The van der Waals surface area contributed by atoms with Crippen molar-refractivity contribution in [2.75, 3.05) is 44.7 Å². The van der Waals surface area contributed by atoms with Crippen molar-refractivity contribution < 1.29 is 4.74 Å². The summed E-state index contributed by atoms with van der Waals surface area (Å²) in [4.78, 5) is 6.95. The summed E-state index contributed by atoms with van der Waals surface area (Å²) in [5, 5.41) is 3.39. The number of nitrogens with zero attached hydrogens (tertiary/aromatic N) is 3. The quantitative estimate of drug-likeness (QED) is 0.704. The molecular weight excluding hydrogens is 252 g/mol. The Morgan fingerprint density at radius 1 is 1.25 bits per heavy atom. The third-order valence-electron chi connectivity index (χ3n) is 3.77. The number of hydrogen-bond acceptors (Lipinski definition) is 4. The molecule has 0 spiro atoms. The largest absolute Gasteiger partial charge is 0.382 e. The van der Waals surface area contributed by atoms with Crippen LogP contribution in [0.15, 0.2) is 12.4 Å². The van der Waals surface area contributed by atoms with Crippen molar-refractivity contribution in [3.8, 4) is 0 Å². The highest BCUT2D eigenvalue weighted by Gasteiger charge is 2.10. The summed E-state index contributed by atoms with van der Waals surface area (Å²) in [5.41, 5.74) is 0. The van der Waals surface area contributed by atoms with Gasteiger partial charge in [0.1, 0.15) is 0 Å². The van der Waals surface area contributed by atoms with Crippen LogP contribution in [0, 0.1) is 0 Å². The molecule has 5 nitrogen and oxygen atoms in total. The van der Waals surface area contributed by atoms with E-state index < -0.39 is 0 Å². The SMILES string of the molecule is CCOCCCNc1nccn1CCN1CCCCC1. The normalized spacial score (nSPS) is 16.4. The van der Waals surface area contributed by atoms with Gasteiger partial charge in [0.05, 0.1) is 0 Å². The van der Waals surface area contributed by atoms with E-state index in [9.17, 15) is 0 Å². The second kappa shape index (κ2) is 8.97. The molecule has 1 aliphatic rings. The van der Waals surface area contributed by atoms with Crippen LogP contribution in [0.4, 0.5) is 5.95 Å². The van der Waals surface area contributed by atoms with Crippen molar-refractivity contribution in [3.05, 3.63) is 12.4 Å². The van der Waals surface area contributed by atoms with Crippen LogP contribution in [0.25, 0.3) is 0 Å². The second-order valence-corrected chi connectivity index (χ2v) is 5.32. The third-order valence-corrected chi connectivity index (χ3v) is 3.77. The standard InChI is InChI=1S/C15H28N4O/c1-2-20-14-6-7-16-15-17-8-11-19(15)13-12-18-9-4-3-5-10-18/h8,11H,2-7,9-10,12-14H2,1H3,(H,16,17). The maximum Gasteiger partial charge on any atom is 0.202 e. The van der Waals surface area contributed by atoms with Gasteiger partial charge in [0.2, 0.25) is 5.95 Å². The zero-order valence-electron chi connectivity index (χ0n) is 12.7. The fourth-order valence-corrected chi connectivity index (χ4v) is 2.61. The highest BCUT2D eigenvalue weighted by atomic mass is 16.5. The first-order valence-electron chi connectivity index (χ1n) is 7.95. The molecule has 20 heavy (non-hydrogen) atoms. The van der Waals surface area contributed by atoms with E-state index in [4.69, 9.17) is 4.74 Å². The Bertz CT molecular complexity index is 361. The molecule has 0 saturated carbocycles. The number of nitrogens with one attached hydrogen (secondary N) is 1. The Labute approximate surface area is 122 Å². The molecule has 1 aromatic heterocycles. The van der Waals surface area contributed by atoms with Crippen LogP contribution in [-0.2, 0) is 11.3 Å². The molecule has 1 aliphatic heterocycles. The predicted molar refractivity (Wildman–Crippen MR) is 82.1 cm³/mol. The summed E-state index contributed by atoms with van der Waals surface area (Å²) >= 11 is 0. The van der Waals surface area contributed by atoms with E-state index in [2.05, 4.69) is 26.0 Å². The van der Waals surface area contributed by atoms with Crippen molar-refractivity contribution >= 4 is 5.95 Å². The monoisotopic (exact) mass is 280 g/mol. The number of piperidine rings is 1. The van der Waals surface area contributed by atoms with Crippen LogP contribution in [-0.4, -0.2) is 53.8 Å². The van der Waals surface area contributed by atoms with Crippen molar-refractivity contribution in [3.63, 3.8) is 0 Å². The maximum atomic E-state index is 5.34. The van der Waals surface area contributed by atoms with Gasteiger partial charge in [-0.1, -0.05) is 6.42 Å². The number of anilines is 1. The minimum absolute atomic E-state index is 0.796. The molecule has 114 valence electrons. The van der Waals surface area contributed by atoms with Gasteiger partial charge in [0, 0.05) is 45.2 Å². The van der Waals surface area contributed by atoms with Gasteiger partial charge in [-0.05, 0) is 39.3 Å². The Balaban J connectivity index is 1.68. The molecule has 2 rings (SSSR count). The number of rotatable bonds is 9. The Kier molecular flexibility index (Phi) is 6.88. The average molecular weight is 280 g/mol. The van der Waals surface area contributed by atoms with Gasteiger partial charge in [-0.25, -0.2) is 4.98 Å². The second-order valence-electron chi connectivity index (χ2n) is 5.32. The summed E-state index contributed by atoms with van der Waals surface area (Å²) in [5.74, 6) is 0.985. The van der Waals surface area contributed by atoms with Gasteiger partial charge in [-0.15, -0.1) is 0 Å². The zero-order valence-corrected chi connectivity index (χ0v) is 12.7. The summed E-state index contributed by atoms with van der Waals surface area (Å²) in [6, 6.07) is 0.